The molecule has 10 heteroatoms. The van der Waals surface area contributed by atoms with E-state index in [1.165, 1.54) is 11.3 Å². The lowest BCUT2D eigenvalue weighted by molar-refractivity contribution is 0.601. The normalized spacial score (nSPS) is 11.5. The number of thiazole rings is 1. The summed E-state index contributed by atoms with van der Waals surface area (Å²) in [5.41, 5.74) is 1.85. The number of aryl methyl sites for hydroxylation is 1. The van der Waals surface area contributed by atoms with Gasteiger partial charge in [-0.25, -0.2) is 23.4 Å². The zero-order valence-electron chi connectivity index (χ0n) is 16.8. The Kier molecular flexibility index (Phi) is 5.33. The van der Waals surface area contributed by atoms with Crippen LogP contribution in [0.3, 0.4) is 0 Å². The molecule has 3 aromatic heterocycles. The van der Waals surface area contributed by atoms with E-state index in [4.69, 9.17) is 0 Å². The van der Waals surface area contributed by atoms with Gasteiger partial charge in [0.1, 0.15) is 16.5 Å². The summed E-state index contributed by atoms with van der Waals surface area (Å²) in [6.07, 6.45) is 1.55. The molecule has 0 amide bonds. The maximum atomic E-state index is 12.5. The van der Waals surface area contributed by atoms with E-state index in [1.807, 2.05) is 25.1 Å². The number of rotatable bonds is 6. The number of fused-ring (bicyclic) bond motifs is 1. The van der Waals surface area contributed by atoms with Gasteiger partial charge >= 0.3 is 0 Å². The average Bonchev–Trinajstić information content (AvgIpc) is 3.44. The van der Waals surface area contributed by atoms with Crippen molar-refractivity contribution >= 4 is 59.6 Å². The molecule has 0 saturated carbocycles. The molecule has 0 atom stereocenters. The minimum Gasteiger partial charge on any atom is -0.340 e. The van der Waals surface area contributed by atoms with Crippen LogP contribution in [0.5, 0.6) is 0 Å². The summed E-state index contributed by atoms with van der Waals surface area (Å²) >= 11 is 2.84. The molecule has 0 spiro atoms. The lowest BCUT2D eigenvalue weighted by Gasteiger charge is -2.09. The molecule has 0 fully saturated rings. The van der Waals surface area contributed by atoms with Crippen molar-refractivity contribution < 1.29 is 8.42 Å². The summed E-state index contributed by atoms with van der Waals surface area (Å²) in [6.45, 7) is 1.85. The van der Waals surface area contributed by atoms with Gasteiger partial charge in [-0.2, -0.15) is 0 Å². The molecule has 7 nitrogen and oxygen atoms in total. The molecule has 0 radical (unpaired) electrons. The Balaban J connectivity index is 1.43. The van der Waals surface area contributed by atoms with Crippen LogP contribution in [0.25, 0.3) is 20.7 Å². The van der Waals surface area contributed by atoms with Crippen LogP contribution < -0.4 is 10.0 Å². The first kappa shape index (κ1) is 20.6. The van der Waals surface area contributed by atoms with Crippen LogP contribution in [0.4, 0.5) is 16.6 Å². The molecule has 0 aliphatic heterocycles. The number of thiophene rings is 1. The lowest BCUT2D eigenvalue weighted by atomic mass is 10.2. The first-order valence-electron chi connectivity index (χ1n) is 9.61. The van der Waals surface area contributed by atoms with Crippen molar-refractivity contribution in [3.8, 4) is 10.4 Å². The second kappa shape index (κ2) is 8.30. The molecule has 0 saturated heterocycles. The Morgan fingerprint density at radius 3 is 2.47 bits per heavy atom. The number of hydrogen-bond donors (Lipinski definition) is 2. The molecule has 0 bridgehead atoms. The number of benzene rings is 2. The number of anilines is 3. The monoisotopic (exact) mass is 479 g/mol. The molecule has 0 unspecified atom stereocenters. The molecule has 5 rings (SSSR count). The minimum atomic E-state index is -3.70. The van der Waals surface area contributed by atoms with Crippen molar-refractivity contribution in [2.45, 2.75) is 11.8 Å². The SMILES string of the molecule is Cc1nc(Nc2ccc(S(=O)(=O)Nc3nccs3)cc2)c2cc(-c3ccccc3)sc2n1. The molecule has 160 valence electrons. The van der Waals surface area contributed by atoms with Gasteiger partial charge in [0.2, 0.25) is 0 Å². The highest BCUT2D eigenvalue weighted by Crippen LogP contribution is 2.36. The molecule has 0 aliphatic carbocycles. The first-order valence-corrected chi connectivity index (χ1v) is 12.8. The summed E-state index contributed by atoms with van der Waals surface area (Å²) in [7, 11) is -3.70. The van der Waals surface area contributed by atoms with Gasteiger partial charge in [-0.15, -0.1) is 22.7 Å². The van der Waals surface area contributed by atoms with Gasteiger partial charge in [-0.3, -0.25) is 4.72 Å². The third-order valence-corrected chi connectivity index (χ3v) is 7.89. The highest BCUT2D eigenvalue weighted by atomic mass is 32.2. The molecular weight excluding hydrogens is 462 g/mol. The third kappa shape index (κ3) is 4.20. The smallest absolute Gasteiger partial charge is 0.263 e. The van der Waals surface area contributed by atoms with Crippen molar-refractivity contribution in [2.75, 3.05) is 10.0 Å². The van der Waals surface area contributed by atoms with Crippen molar-refractivity contribution in [2.24, 2.45) is 0 Å². The standard InChI is InChI=1S/C22H17N5O2S3/c1-14-24-20(18-13-19(31-21(18)25-14)15-5-3-2-4-6-15)26-16-7-9-17(10-8-16)32(28,29)27-22-23-11-12-30-22/h2-13H,1H3,(H,23,27)(H,24,25,26). The van der Waals surface area contributed by atoms with Crippen LogP contribution in [0, 0.1) is 6.92 Å². The average molecular weight is 480 g/mol. The van der Waals surface area contributed by atoms with Gasteiger partial charge in [0, 0.05) is 22.1 Å². The van der Waals surface area contributed by atoms with Gasteiger partial charge in [0.25, 0.3) is 10.0 Å². The molecule has 32 heavy (non-hydrogen) atoms. The topological polar surface area (TPSA) is 96.9 Å². The third-order valence-electron chi connectivity index (χ3n) is 4.64. The van der Waals surface area contributed by atoms with E-state index in [-0.39, 0.29) is 4.90 Å². The van der Waals surface area contributed by atoms with Gasteiger partial charge in [-0.05, 0) is 42.8 Å². The second-order valence-electron chi connectivity index (χ2n) is 6.91. The molecule has 2 N–H and O–H groups in total. The predicted molar refractivity (Wildman–Crippen MR) is 130 cm³/mol. The van der Waals surface area contributed by atoms with E-state index in [0.29, 0.717) is 16.8 Å². The highest BCUT2D eigenvalue weighted by molar-refractivity contribution is 7.93. The summed E-state index contributed by atoms with van der Waals surface area (Å²) in [4.78, 5) is 15.3. The van der Waals surface area contributed by atoms with E-state index in [2.05, 4.69) is 43.2 Å². The van der Waals surface area contributed by atoms with Crippen molar-refractivity contribution in [3.05, 3.63) is 78.1 Å². The van der Waals surface area contributed by atoms with E-state index in [9.17, 15) is 8.42 Å². The van der Waals surface area contributed by atoms with Crippen molar-refractivity contribution in [3.63, 3.8) is 0 Å². The number of nitrogens with zero attached hydrogens (tertiary/aromatic N) is 3. The van der Waals surface area contributed by atoms with Crippen LogP contribution in [0.2, 0.25) is 0 Å². The zero-order chi connectivity index (χ0) is 22.1. The van der Waals surface area contributed by atoms with Crippen LogP contribution in [0.15, 0.2) is 77.1 Å². The fourth-order valence-corrected chi connectivity index (χ4v) is 6.04. The van der Waals surface area contributed by atoms with E-state index < -0.39 is 10.0 Å². The van der Waals surface area contributed by atoms with Crippen LogP contribution in [-0.2, 0) is 10.0 Å². The summed E-state index contributed by atoms with van der Waals surface area (Å²) in [6, 6.07) is 18.7. The fourth-order valence-electron chi connectivity index (χ4n) is 3.17. The highest BCUT2D eigenvalue weighted by Gasteiger charge is 2.16. The number of hydrogen-bond acceptors (Lipinski definition) is 8. The molecule has 2 aromatic carbocycles. The summed E-state index contributed by atoms with van der Waals surface area (Å²) in [5.74, 6) is 1.34. The Hall–Kier alpha value is -3.34. The quantitative estimate of drug-likeness (QED) is 0.326. The van der Waals surface area contributed by atoms with Gasteiger partial charge in [-0.1, -0.05) is 30.3 Å². The van der Waals surface area contributed by atoms with Crippen molar-refractivity contribution in [1.29, 1.82) is 0 Å². The number of nitrogens with one attached hydrogen (secondary N) is 2. The van der Waals surface area contributed by atoms with Gasteiger partial charge in [0.05, 0.1) is 10.3 Å². The summed E-state index contributed by atoms with van der Waals surface area (Å²) < 4.78 is 27.6. The minimum absolute atomic E-state index is 0.157. The largest absolute Gasteiger partial charge is 0.340 e. The van der Waals surface area contributed by atoms with Crippen LogP contribution in [-0.4, -0.2) is 23.4 Å². The molecule has 5 aromatic rings. The number of sulfonamides is 1. The molecule has 3 heterocycles. The maximum Gasteiger partial charge on any atom is 0.263 e. The van der Waals surface area contributed by atoms with Crippen LogP contribution >= 0.6 is 22.7 Å². The summed E-state index contributed by atoms with van der Waals surface area (Å²) in [5, 5.41) is 6.27. The fraction of sp³-hybridized carbons (Fsp3) is 0.0455. The van der Waals surface area contributed by atoms with Crippen LogP contribution in [0.1, 0.15) is 5.82 Å². The Labute approximate surface area is 192 Å². The van der Waals surface area contributed by atoms with Gasteiger partial charge in [0.15, 0.2) is 5.13 Å². The number of aromatic nitrogens is 3. The predicted octanol–water partition coefficient (Wildman–Crippen LogP) is 5.67. The zero-order valence-corrected chi connectivity index (χ0v) is 19.3. The lowest BCUT2D eigenvalue weighted by Crippen LogP contribution is -2.12. The molecular formula is C22H17N5O2S3. The second-order valence-corrected chi connectivity index (χ2v) is 10.5. The van der Waals surface area contributed by atoms with E-state index in [1.54, 1.807) is 47.2 Å². The van der Waals surface area contributed by atoms with Gasteiger partial charge < -0.3 is 5.32 Å². The Morgan fingerprint density at radius 2 is 1.75 bits per heavy atom. The van der Waals surface area contributed by atoms with E-state index >= 15 is 0 Å². The Morgan fingerprint density at radius 1 is 0.969 bits per heavy atom. The first-order chi connectivity index (χ1) is 15.5. The van der Waals surface area contributed by atoms with E-state index in [0.717, 1.165) is 26.3 Å². The maximum absolute atomic E-state index is 12.5. The van der Waals surface area contributed by atoms with Crippen molar-refractivity contribution in [1.82, 2.24) is 15.0 Å². The molecule has 0 aliphatic rings. The Bertz CT molecular complexity index is 1480.